The van der Waals surface area contributed by atoms with E-state index in [0.717, 1.165) is 16.3 Å². The fourth-order valence-electron chi connectivity index (χ4n) is 1.51. The second-order valence-electron chi connectivity index (χ2n) is 3.88. The Morgan fingerprint density at radius 2 is 2.24 bits per heavy atom. The van der Waals surface area contributed by atoms with E-state index in [1.54, 1.807) is 16.9 Å². The van der Waals surface area contributed by atoms with Gasteiger partial charge < -0.3 is 11.1 Å². The van der Waals surface area contributed by atoms with Crippen LogP contribution in [-0.2, 0) is 7.05 Å². The predicted octanol–water partition coefficient (Wildman–Crippen LogP) is 1.93. The molecule has 0 aliphatic rings. The van der Waals surface area contributed by atoms with Crippen LogP contribution in [0.3, 0.4) is 0 Å². The van der Waals surface area contributed by atoms with E-state index in [4.69, 9.17) is 5.73 Å². The normalized spacial score (nSPS) is 10.5. The summed E-state index contributed by atoms with van der Waals surface area (Å²) in [7, 11) is 1.82. The van der Waals surface area contributed by atoms with Gasteiger partial charge in [-0.2, -0.15) is 5.10 Å². The van der Waals surface area contributed by atoms with Gasteiger partial charge in [0.25, 0.3) is 5.91 Å². The Balaban J connectivity index is 2.19. The SMILES string of the molecule is Cc1nn(C)cc1NC(=O)c1cc(N)c(C)s1. The van der Waals surface area contributed by atoms with Gasteiger partial charge in [-0.15, -0.1) is 11.3 Å². The highest BCUT2D eigenvalue weighted by Crippen LogP contribution is 2.24. The third-order valence-electron chi connectivity index (χ3n) is 2.44. The molecule has 1 amide bonds. The first-order valence-electron chi connectivity index (χ1n) is 5.15. The number of thiophene rings is 1. The van der Waals surface area contributed by atoms with Gasteiger partial charge >= 0.3 is 0 Å². The molecule has 0 saturated heterocycles. The molecule has 2 aromatic rings. The van der Waals surface area contributed by atoms with Crippen molar-refractivity contribution in [2.75, 3.05) is 11.1 Å². The molecule has 17 heavy (non-hydrogen) atoms. The molecular formula is C11H14N4OS. The molecule has 0 aliphatic heterocycles. The van der Waals surface area contributed by atoms with Crippen LogP contribution in [0.5, 0.6) is 0 Å². The molecule has 0 radical (unpaired) electrons. The Morgan fingerprint density at radius 1 is 1.53 bits per heavy atom. The van der Waals surface area contributed by atoms with Gasteiger partial charge in [-0.3, -0.25) is 9.48 Å². The van der Waals surface area contributed by atoms with Gasteiger partial charge in [-0.05, 0) is 19.9 Å². The highest BCUT2D eigenvalue weighted by Gasteiger charge is 2.13. The summed E-state index contributed by atoms with van der Waals surface area (Å²) in [6.07, 6.45) is 1.77. The van der Waals surface area contributed by atoms with Crippen LogP contribution in [0.25, 0.3) is 0 Å². The number of rotatable bonds is 2. The van der Waals surface area contributed by atoms with E-state index in [1.165, 1.54) is 11.3 Å². The number of carbonyl (C=O) groups is 1. The summed E-state index contributed by atoms with van der Waals surface area (Å²) >= 11 is 1.39. The van der Waals surface area contributed by atoms with Gasteiger partial charge in [-0.1, -0.05) is 0 Å². The van der Waals surface area contributed by atoms with E-state index in [0.29, 0.717) is 10.6 Å². The standard InChI is InChI=1S/C11H14N4OS/c1-6-9(5-15(3)14-6)13-11(16)10-4-8(12)7(2)17-10/h4-5H,12H2,1-3H3,(H,13,16). The number of nitrogen functional groups attached to an aromatic ring is 1. The van der Waals surface area contributed by atoms with Crippen molar-refractivity contribution in [2.24, 2.45) is 7.05 Å². The number of anilines is 2. The van der Waals surface area contributed by atoms with Crippen molar-refractivity contribution in [2.45, 2.75) is 13.8 Å². The molecule has 0 spiro atoms. The van der Waals surface area contributed by atoms with Crippen LogP contribution >= 0.6 is 11.3 Å². The largest absolute Gasteiger partial charge is 0.398 e. The maximum absolute atomic E-state index is 11.9. The van der Waals surface area contributed by atoms with E-state index >= 15 is 0 Å². The number of hydrogen-bond donors (Lipinski definition) is 2. The Labute approximate surface area is 103 Å². The lowest BCUT2D eigenvalue weighted by molar-refractivity contribution is 0.103. The molecule has 2 rings (SSSR count). The second-order valence-corrected chi connectivity index (χ2v) is 5.13. The maximum atomic E-state index is 11.9. The molecule has 0 fully saturated rings. The summed E-state index contributed by atoms with van der Waals surface area (Å²) in [6, 6.07) is 1.70. The Bertz CT molecular complexity index is 551. The minimum atomic E-state index is -0.147. The van der Waals surface area contributed by atoms with Crippen molar-refractivity contribution in [1.82, 2.24) is 9.78 Å². The lowest BCUT2D eigenvalue weighted by Crippen LogP contribution is -2.10. The van der Waals surface area contributed by atoms with Gasteiger partial charge in [0.05, 0.1) is 16.3 Å². The van der Waals surface area contributed by atoms with Crippen molar-refractivity contribution in [3.05, 3.63) is 27.7 Å². The number of hydrogen-bond acceptors (Lipinski definition) is 4. The minimum absolute atomic E-state index is 0.147. The molecule has 0 aromatic carbocycles. The fraction of sp³-hybridized carbons (Fsp3) is 0.273. The Morgan fingerprint density at radius 3 is 2.71 bits per heavy atom. The summed E-state index contributed by atoms with van der Waals surface area (Å²) in [5.41, 5.74) is 7.89. The van der Waals surface area contributed by atoms with Crippen LogP contribution in [0.1, 0.15) is 20.2 Å². The molecule has 2 aromatic heterocycles. The van der Waals surface area contributed by atoms with Crippen molar-refractivity contribution >= 4 is 28.6 Å². The summed E-state index contributed by atoms with van der Waals surface area (Å²) < 4.78 is 1.67. The van der Waals surface area contributed by atoms with Crippen LogP contribution in [0.4, 0.5) is 11.4 Å². The van der Waals surface area contributed by atoms with E-state index in [1.807, 2.05) is 20.9 Å². The molecule has 0 atom stereocenters. The molecule has 3 N–H and O–H groups in total. The average Bonchev–Trinajstić information content (AvgIpc) is 2.72. The van der Waals surface area contributed by atoms with Gasteiger partial charge in [0.2, 0.25) is 0 Å². The quantitative estimate of drug-likeness (QED) is 0.855. The third kappa shape index (κ3) is 2.31. The minimum Gasteiger partial charge on any atom is -0.398 e. The topological polar surface area (TPSA) is 72.9 Å². The molecule has 90 valence electrons. The van der Waals surface area contributed by atoms with E-state index in [9.17, 15) is 4.79 Å². The van der Waals surface area contributed by atoms with Crippen molar-refractivity contribution in [1.29, 1.82) is 0 Å². The highest BCUT2D eigenvalue weighted by molar-refractivity contribution is 7.14. The first-order valence-corrected chi connectivity index (χ1v) is 5.96. The summed E-state index contributed by atoms with van der Waals surface area (Å²) in [6.45, 7) is 3.75. The zero-order valence-electron chi connectivity index (χ0n) is 9.94. The van der Waals surface area contributed by atoms with E-state index in [-0.39, 0.29) is 5.91 Å². The molecule has 6 heteroatoms. The first-order chi connectivity index (χ1) is 7.97. The second kappa shape index (κ2) is 4.21. The smallest absolute Gasteiger partial charge is 0.265 e. The first kappa shape index (κ1) is 11.7. The number of amides is 1. The maximum Gasteiger partial charge on any atom is 0.265 e. The Kier molecular flexibility index (Phi) is 2.89. The zero-order chi connectivity index (χ0) is 12.6. The molecule has 0 unspecified atom stereocenters. The van der Waals surface area contributed by atoms with Crippen molar-refractivity contribution < 1.29 is 4.79 Å². The molecule has 2 heterocycles. The summed E-state index contributed by atoms with van der Waals surface area (Å²) in [4.78, 5) is 13.5. The lowest BCUT2D eigenvalue weighted by Gasteiger charge is -2.00. The predicted molar refractivity (Wildman–Crippen MR) is 69.4 cm³/mol. The number of nitrogens with two attached hydrogens (primary N) is 1. The lowest BCUT2D eigenvalue weighted by atomic mass is 10.3. The number of aromatic nitrogens is 2. The van der Waals surface area contributed by atoms with Crippen LogP contribution in [0.15, 0.2) is 12.3 Å². The number of carbonyl (C=O) groups excluding carboxylic acids is 1. The van der Waals surface area contributed by atoms with Crippen molar-refractivity contribution in [3.63, 3.8) is 0 Å². The zero-order valence-corrected chi connectivity index (χ0v) is 10.8. The van der Waals surface area contributed by atoms with Crippen molar-refractivity contribution in [3.8, 4) is 0 Å². The van der Waals surface area contributed by atoms with E-state index < -0.39 is 0 Å². The number of nitrogens with zero attached hydrogens (tertiary/aromatic N) is 2. The molecule has 0 bridgehead atoms. The van der Waals surface area contributed by atoms with Gasteiger partial charge in [0.1, 0.15) is 0 Å². The molecule has 0 aliphatic carbocycles. The molecule has 0 saturated carbocycles. The van der Waals surface area contributed by atoms with Gasteiger partial charge in [0.15, 0.2) is 0 Å². The summed E-state index contributed by atoms with van der Waals surface area (Å²) in [5, 5.41) is 6.98. The van der Waals surface area contributed by atoms with Crippen LogP contribution in [0.2, 0.25) is 0 Å². The number of nitrogens with one attached hydrogen (secondary N) is 1. The van der Waals surface area contributed by atoms with Crippen LogP contribution < -0.4 is 11.1 Å². The average molecular weight is 250 g/mol. The molecule has 5 nitrogen and oxygen atoms in total. The van der Waals surface area contributed by atoms with Crippen LogP contribution in [0, 0.1) is 13.8 Å². The van der Waals surface area contributed by atoms with Gasteiger partial charge in [0, 0.05) is 23.8 Å². The fourth-order valence-corrected chi connectivity index (χ4v) is 2.35. The third-order valence-corrected chi connectivity index (χ3v) is 3.51. The summed E-state index contributed by atoms with van der Waals surface area (Å²) in [5.74, 6) is -0.147. The Hall–Kier alpha value is -1.82. The monoisotopic (exact) mass is 250 g/mol. The highest BCUT2D eigenvalue weighted by atomic mass is 32.1. The van der Waals surface area contributed by atoms with Crippen LogP contribution in [-0.4, -0.2) is 15.7 Å². The van der Waals surface area contributed by atoms with E-state index in [2.05, 4.69) is 10.4 Å². The number of aryl methyl sites for hydroxylation is 3. The molecular weight excluding hydrogens is 236 g/mol. The van der Waals surface area contributed by atoms with Gasteiger partial charge in [-0.25, -0.2) is 0 Å².